The van der Waals surface area contributed by atoms with Crippen LogP contribution in [0.1, 0.15) is 245 Å². The molecule has 0 rings (SSSR count). The Labute approximate surface area is 431 Å². The predicted molar refractivity (Wildman–Crippen MR) is 302 cm³/mol. The average Bonchev–Trinajstić information content (AvgIpc) is 3.36. The van der Waals surface area contributed by atoms with Gasteiger partial charge in [0.2, 0.25) is 0 Å². The highest BCUT2D eigenvalue weighted by Crippen LogP contribution is 2.13. The zero-order valence-electron chi connectivity index (χ0n) is 45.2. The summed E-state index contributed by atoms with van der Waals surface area (Å²) in [6, 6.07) is 0. The Morgan fingerprint density at radius 3 is 1.06 bits per heavy atom. The van der Waals surface area contributed by atoms with Crippen LogP contribution < -0.4 is 0 Å². The van der Waals surface area contributed by atoms with Crippen LogP contribution in [0, 0.1) is 0 Å². The summed E-state index contributed by atoms with van der Waals surface area (Å²) in [4.78, 5) is 38.2. The molecule has 1 unspecified atom stereocenters. The van der Waals surface area contributed by atoms with Crippen molar-refractivity contribution in [2.24, 2.45) is 0 Å². The third-order valence-electron chi connectivity index (χ3n) is 11.8. The first kappa shape index (κ1) is 65.8. The van der Waals surface area contributed by atoms with Crippen molar-refractivity contribution in [1.82, 2.24) is 0 Å². The zero-order valence-corrected chi connectivity index (χ0v) is 45.2. The fraction of sp³-hybridized carbons (Fsp3) is 0.641. The van der Waals surface area contributed by atoms with Gasteiger partial charge in [0.1, 0.15) is 13.2 Å². The molecule has 0 spiro atoms. The maximum atomic E-state index is 12.9. The van der Waals surface area contributed by atoms with Gasteiger partial charge in [-0.05, 0) is 109 Å². The Hall–Kier alpha value is -4.19. The molecule has 0 aromatic carbocycles. The molecule has 0 fully saturated rings. The summed E-state index contributed by atoms with van der Waals surface area (Å²) in [6.45, 7) is 6.42. The van der Waals surface area contributed by atoms with E-state index in [1.165, 1.54) is 70.6 Å². The number of carbonyl (C=O) groups is 3. The average molecular weight is 970 g/mol. The molecule has 0 amide bonds. The Bertz CT molecular complexity index is 1490. The van der Waals surface area contributed by atoms with Crippen molar-refractivity contribution in [1.29, 1.82) is 0 Å². The molecule has 0 aliphatic carbocycles. The molecule has 0 N–H and O–H groups in total. The number of allylic oxidation sites excluding steroid dienone is 20. The van der Waals surface area contributed by atoms with Gasteiger partial charge in [-0.1, -0.05) is 239 Å². The van der Waals surface area contributed by atoms with Crippen molar-refractivity contribution in [3.63, 3.8) is 0 Å². The van der Waals surface area contributed by atoms with Crippen LogP contribution in [0.2, 0.25) is 0 Å². The minimum Gasteiger partial charge on any atom is -0.462 e. The van der Waals surface area contributed by atoms with Crippen molar-refractivity contribution in [3.05, 3.63) is 122 Å². The SMILES string of the molecule is CC/C=C\C/C=C\C/C=C\C/C=C\CCCCCC(=O)OCC(COC(=O)CCCCCCC\C=C/C=C\C=C/C=C\CCCCC)OC(=O)CCCCCCC/C=C\C=C/CCCCCCCCC. The smallest absolute Gasteiger partial charge is 0.306 e. The lowest BCUT2D eigenvalue weighted by Gasteiger charge is -2.18. The Kier molecular flexibility index (Phi) is 54.0. The van der Waals surface area contributed by atoms with Gasteiger partial charge in [0, 0.05) is 19.3 Å². The summed E-state index contributed by atoms with van der Waals surface area (Å²) in [5, 5.41) is 0. The molecule has 0 bridgehead atoms. The van der Waals surface area contributed by atoms with Gasteiger partial charge in [-0.25, -0.2) is 0 Å². The van der Waals surface area contributed by atoms with Crippen molar-refractivity contribution < 1.29 is 28.6 Å². The van der Waals surface area contributed by atoms with Crippen LogP contribution >= 0.6 is 0 Å². The van der Waals surface area contributed by atoms with E-state index in [0.29, 0.717) is 19.3 Å². The highest BCUT2D eigenvalue weighted by Gasteiger charge is 2.19. The molecule has 0 aliphatic rings. The van der Waals surface area contributed by atoms with Gasteiger partial charge in [-0.15, -0.1) is 0 Å². The number of esters is 3. The molecule has 396 valence electrons. The molecule has 0 saturated heterocycles. The van der Waals surface area contributed by atoms with Gasteiger partial charge in [0.15, 0.2) is 6.10 Å². The van der Waals surface area contributed by atoms with Gasteiger partial charge in [0.05, 0.1) is 0 Å². The molecule has 0 aromatic heterocycles. The standard InChI is InChI=1S/C64H104O6/c1-4-7-10-13-16-19-22-25-28-31-33-36-39-42-45-48-51-54-57-63(66)69-60-61(59-68-62(65)56-53-50-47-44-41-38-35-30-27-24-21-18-15-12-9-6-3)70-64(67)58-55-52-49-46-43-40-37-34-32-29-26-23-20-17-14-11-8-5-2/h9,12,16,18-19,21-22,25,27-34,36-38,41,61H,4-8,10-11,13-15,17,20,23-24,26,35,39-40,42-60H2,1-3H3/b12-9-,19-16-,21-18-,25-22-,30-27-,31-28-,32-29-,36-33-,37-34-,41-38-. The number of unbranched alkanes of at least 4 members (excludes halogenated alkanes) is 23. The van der Waals surface area contributed by atoms with E-state index in [-0.39, 0.29) is 31.1 Å². The number of hydrogen-bond donors (Lipinski definition) is 0. The largest absolute Gasteiger partial charge is 0.462 e. The number of rotatable bonds is 50. The lowest BCUT2D eigenvalue weighted by Crippen LogP contribution is -2.30. The Morgan fingerprint density at radius 1 is 0.314 bits per heavy atom. The third kappa shape index (κ3) is 54.7. The Morgan fingerprint density at radius 2 is 0.614 bits per heavy atom. The molecule has 0 saturated carbocycles. The van der Waals surface area contributed by atoms with Crippen LogP contribution in [0.25, 0.3) is 0 Å². The van der Waals surface area contributed by atoms with Gasteiger partial charge in [-0.3, -0.25) is 14.4 Å². The minimum absolute atomic E-state index is 0.110. The Balaban J connectivity index is 4.54. The van der Waals surface area contributed by atoms with E-state index in [2.05, 4.69) is 142 Å². The predicted octanol–water partition coefficient (Wildman–Crippen LogP) is 19.3. The highest BCUT2D eigenvalue weighted by molar-refractivity contribution is 5.71. The molecule has 6 nitrogen and oxygen atoms in total. The van der Waals surface area contributed by atoms with E-state index in [1.54, 1.807) is 0 Å². The van der Waals surface area contributed by atoms with Crippen LogP contribution in [0.5, 0.6) is 0 Å². The normalized spacial score (nSPS) is 13.0. The molecule has 1 atom stereocenters. The van der Waals surface area contributed by atoms with E-state index in [1.807, 2.05) is 0 Å². The molecular weight excluding hydrogens is 865 g/mol. The third-order valence-corrected chi connectivity index (χ3v) is 11.8. The van der Waals surface area contributed by atoms with E-state index >= 15 is 0 Å². The highest BCUT2D eigenvalue weighted by atomic mass is 16.6. The van der Waals surface area contributed by atoms with Gasteiger partial charge in [0.25, 0.3) is 0 Å². The van der Waals surface area contributed by atoms with Crippen LogP contribution in [0.4, 0.5) is 0 Å². The molecule has 6 heteroatoms. The maximum Gasteiger partial charge on any atom is 0.306 e. The summed E-state index contributed by atoms with van der Waals surface area (Å²) in [7, 11) is 0. The van der Waals surface area contributed by atoms with Gasteiger partial charge in [-0.2, -0.15) is 0 Å². The first-order chi connectivity index (χ1) is 34.5. The number of ether oxygens (including phenoxy) is 3. The van der Waals surface area contributed by atoms with Gasteiger partial charge < -0.3 is 14.2 Å². The summed E-state index contributed by atoms with van der Waals surface area (Å²) in [5.41, 5.74) is 0. The second kappa shape index (κ2) is 57.4. The molecule has 0 aliphatic heterocycles. The number of carbonyl (C=O) groups excluding carboxylic acids is 3. The molecule has 0 heterocycles. The number of hydrogen-bond acceptors (Lipinski definition) is 6. The first-order valence-corrected chi connectivity index (χ1v) is 28.6. The second-order valence-corrected chi connectivity index (χ2v) is 18.6. The van der Waals surface area contributed by atoms with E-state index in [9.17, 15) is 14.4 Å². The summed E-state index contributed by atoms with van der Waals surface area (Å²) in [6.07, 6.45) is 78.9. The molecule has 0 radical (unpaired) electrons. The fourth-order valence-electron chi connectivity index (χ4n) is 7.49. The first-order valence-electron chi connectivity index (χ1n) is 28.6. The topological polar surface area (TPSA) is 78.9 Å². The van der Waals surface area contributed by atoms with Crippen LogP contribution in [0.3, 0.4) is 0 Å². The summed E-state index contributed by atoms with van der Waals surface area (Å²) >= 11 is 0. The maximum absolute atomic E-state index is 12.9. The van der Waals surface area contributed by atoms with Crippen LogP contribution in [-0.2, 0) is 28.6 Å². The van der Waals surface area contributed by atoms with Crippen molar-refractivity contribution in [3.8, 4) is 0 Å². The van der Waals surface area contributed by atoms with E-state index < -0.39 is 6.10 Å². The lowest BCUT2D eigenvalue weighted by molar-refractivity contribution is -0.167. The minimum atomic E-state index is -0.814. The monoisotopic (exact) mass is 969 g/mol. The molecular formula is C64H104O6. The quantitative estimate of drug-likeness (QED) is 0.0199. The molecule has 70 heavy (non-hydrogen) atoms. The summed E-state index contributed by atoms with van der Waals surface area (Å²) < 4.78 is 16.8. The van der Waals surface area contributed by atoms with Gasteiger partial charge >= 0.3 is 17.9 Å². The molecule has 0 aromatic rings. The van der Waals surface area contributed by atoms with Crippen molar-refractivity contribution in [2.75, 3.05) is 13.2 Å². The van der Waals surface area contributed by atoms with E-state index in [4.69, 9.17) is 14.2 Å². The van der Waals surface area contributed by atoms with Crippen molar-refractivity contribution in [2.45, 2.75) is 252 Å². The van der Waals surface area contributed by atoms with Crippen LogP contribution in [-0.4, -0.2) is 37.2 Å². The fourth-order valence-corrected chi connectivity index (χ4v) is 7.49. The van der Waals surface area contributed by atoms with Crippen LogP contribution in [0.15, 0.2) is 122 Å². The second-order valence-electron chi connectivity index (χ2n) is 18.6. The lowest BCUT2D eigenvalue weighted by atomic mass is 10.1. The van der Waals surface area contributed by atoms with E-state index in [0.717, 1.165) is 135 Å². The summed E-state index contributed by atoms with van der Waals surface area (Å²) in [5.74, 6) is -0.980. The van der Waals surface area contributed by atoms with Crippen molar-refractivity contribution >= 4 is 17.9 Å². The zero-order chi connectivity index (χ0) is 50.7.